The van der Waals surface area contributed by atoms with Gasteiger partial charge in [-0.25, -0.2) is 0 Å². The number of hydrogen-bond donors (Lipinski definition) is 2. The number of aromatic hydroxyl groups is 1. The van der Waals surface area contributed by atoms with Gasteiger partial charge in [0.2, 0.25) is 0 Å². The summed E-state index contributed by atoms with van der Waals surface area (Å²) in [5.41, 5.74) is 4.28. The van der Waals surface area contributed by atoms with Gasteiger partial charge in [-0.15, -0.1) is 0 Å². The predicted octanol–water partition coefficient (Wildman–Crippen LogP) is 3.89. The first-order valence-corrected chi connectivity index (χ1v) is 6.57. The minimum absolute atomic E-state index is 0.123. The van der Waals surface area contributed by atoms with E-state index >= 15 is 0 Å². The molecule has 0 unspecified atom stereocenters. The van der Waals surface area contributed by atoms with Crippen molar-refractivity contribution in [3.8, 4) is 11.5 Å². The van der Waals surface area contributed by atoms with Crippen LogP contribution in [0.4, 0.5) is 5.69 Å². The summed E-state index contributed by atoms with van der Waals surface area (Å²) in [5, 5.41) is 14.6. The molecule has 104 valence electrons. The van der Waals surface area contributed by atoms with Crippen LogP contribution in [-0.4, -0.2) is 17.9 Å². The smallest absolute Gasteiger partial charge is 0.128 e. The molecule has 20 heavy (non-hydrogen) atoms. The van der Waals surface area contributed by atoms with E-state index in [1.165, 1.54) is 0 Å². The third kappa shape index (κ3) is 3.90. The van der Waals surface area contributed by atoms with E-state index in [0.29, 0.717) is 22.9 Å². The molecule has 0 fully saturated rings. The number of phenols is 1. The van der Waals surface area contributed by atoms with Gasteiger partial charge >= 0.3 is 0 Å². The molecule has 2 N–H and O–H groups in total. The second-order valence-electron chi connectivity index (χ2n) is 4.03. The number of phenolic OH excluding ortho intramolecular Hbond substituents is 1. The molecule has 0 aromatic heterocycles. The van der Waals surface area contributed by atoms with E-state index in [9.17, 15) is 5.11 Å². The Balaban J connectivity index is 2.02. The third-order valence-corrected chi connectivity index (χ3v) is 2.81. The van der Waals surface area contributed by atoms with Gasteiger partial charge in [-0.1, -0.05) is 11.6 Å². The van der Waals surface area contributed by atoms with Gasteiger partial charge < -0.3 is 9.84 Å². The number of nitrogens with one attached hydrogen (secondary N) is 1. The Hall–Kier alpha value is -2.20. The molecule has 0 heterocycles. The molecule has 0 bridgehead atoms. The molecule has 5 heteroatoms. The van der Waals surface area contributed by atoms with Crippen molar-refractivity contribution in [3.05, 3.63) is 53.1 Å². The molecular formula is C15H15ClN2O2. The monoisotopic (exact) mass is 290 g/mol. The van der Waals surface area contributed by atoms with Crippen LogP contribution in [0.25, 0.3) is 0 Å². The molecule has 4 nitrogen and oxygen atoms in total. The van der Waals surface area contributed by atoms with Crippen LogP contribution in [0.5, 0.6) is 11.5 Å². The van der Waals surface area contributed by atoms with Gasteiger partial charge in [0.1, 0.15) is 11.5 Å². The van der Waals surface area contributed by atoms with Crippen LogP contribution in [0, 0.1) is 0 Å². The standard InChI is InChI=1S/C15H15ClN2O2/c1-2-20-14-8-3-11(15(19)9-14)10-17-18-13-6-4-12(16)5-7-13/h3-10,18-19H,2H2,1H3/b17-10-. The van der Waals surface area contributed by atoms with Crippen molar-refractivity contribution in [1.29, 1.82) is 0 Å². The Morgan fingerprint density at radius 3 is 2.65 bits per heavy atom. The Morgan fingerprint density at radius 1 is 1.25 bits per heavy atom. The molecular weight excluding hydrogens is 276 g/mol. The van der Waals surface area contributed by atoms with Crippen molar-refractivity contribution in [2.75, 3.05) is 12.0 Å². The first-order chi connectivity index (χ1) is 9.69. The van der Waals surface area contributed by atoms with Crippen molar-refractivity contribution in [2.24, 2.45) is 5.10 Å². The molecule has 0 saturated heterocycles. The second-order valence-corrected chi connectivity index (χ2v) is 4.47. The van der Waals surface area contributed by atoms with Gasteiger partial charge in [-0.05, 0) is 43.3 Å². The minimum Gasteiger partial charge on any atom is -0.507 e. The fourth-order valence-corrected chi connectivity index (χ4v) is 1.72. The van der Waals surface area contributed by atoms with Crippen molar-refractivity contribution in [1.82, 2.24) is 0 Å². The average Bonchev–Trinajstić information content (AvgIpc) is 2.44. The Bertz CT molecular complexity index is 597. The number of rotatable bonds is 5. The lowest BCUT2D eigenvalue weighted by Crippen LogP contribution is -1.93. The van der Waals surface area contributed by atoms with Gasteiger partial charge in [0.25, 0.3) is 0 Å². The number of hydrogen-bond acceptors (Lipinski definition) is 4. The highest BCUT2D eigenvalue weighted by Crippen LogP contribution is 2.22. The van der Waals surface area contributed by atoms with Crippen molar-refractivity contribution < 1.29 is 9.84 Å². The zero-order chi connectivity index (χ0) is 14.4. The van der Waals surface area contributed by atoms with Crippen LogP contribution >= 0.6 is 11.6 Å². The lowest BCUT2D eigenvalue weighted by atomic mass is 10.2. The molecule has 0 spiro atoms. The Morgan fingerprint density at radius 2 is 2.00 bits per heavy atom. The zero-order valence-corrected chi connectivity index (χ0v) is 11.8. The van der Waals surface area contributed by atoms with Crippen LogP contribution in [-0.2, 0) is 0 Å². The molecule has 2 aromatic carbocycles. The number of anilines is 1. The van der Waals surface area contributed by atoms with E-state index in [1.807, 2.05) is 19.1 Å². The molecule has 0 amide bonds. The SMILES string of the molecule is CCOc1ccc(/C=N\Nc2ccc(Cl)cc2)c(O)c1. The van der Waals surface area contributed by atoms with Crippen molar-refractivity contribution in [2.45, 2.75) is 6.92 Å². The van der Waals surface area contributed by atoms with E-state index in [4.69, 9.17) is 16.3 Å². The van der Waals surface area contributed by atoms with E-state index in [-0.39, 0.29) is 5.75 Å². The topological polar surface area (TPSA) is 53.8 Å². The highest BCUT2D eigenvalue weighted by molar-refractivity contribution is 6.30. The maximum absolute atomic E-state index is 9.84. The van der Waals surface area contributed by atoms with Crippen LogP contribution in [0.15, 0.2) is 47.6 Å². The zero-order valence-electron chi connectivity index (χ0n) is 11.0. The number of ether oxygens (including phenoxy) is 1. The normalized spacial score (nSPS) is 10.7. The highest BCUT2D eigenvalue weighted by Gasteiger charge is 2.00. The highest BCUT2D eigenvalue weighted by atomic mass is 35.5. The lowest BCUT2D eigenvalue weighted by Gasteiger charge is -2.05. The summed E-state index contributed by atoms with van der Waals surface area (Å²) in [5.74, 6) is 0.755. The summed E-state index contributed by atoms with van der Waals surface area (Å²) >= 11 is 5.79. The molecule has 0 aliphatic rings. The molecule has 0 aliphatic heterocycles. The van der Waals surface area contributed by atoms with Gasteiger partial charge in [-0.2, -0.15) is 5.10 Å². The van der Waals surface area contributed by atoms with Crippen LogP contribution < -0.4 is 10.2 Å². The van der Waals surface area contributed by atoms with Gasteiger partial charge in [-0.3, -0.25) is 5.43 Å². The van der Waals surface area contributed by atoms with Crippen molar-refractivity contribution in [3.63, 3.8) is 0 Å². The molecule has 2 aromatic rings. The Kier molecular flexibility index (Phi) is 4.85. The van der Waals surface area contributed by atoms with Crippen LogP contribution in [0.3, 0.4) is 0 Å². The number of nitrogens with zero attached hydrogens (tertiary/aromatic N) is 1. The summed E-state index contributed by atoms with van der Waals surface area (Å²) in [6.45, 7) is 2.45. The summed E-state index contributed by atoms with van der Waals surface area (Å²) in [4.78, 5) is 0. The van der Waals surface area contributed by atoms with Crippen molar-refractivity contribution >= 4 is 23.5 Å². The molecule has 0 aliphatic carbocycles. The number of halogens is 1. The van der Waals surface area contributed by atoms with E-state index in [0.717, 1.165) is 5.69 Å². The fourth-order valence-electron chi connectivity index (χ4n) is 1.59. The molecule has 0 saturated carbocycles. The predicted molar refractivity (Wildman–Crippen MR) is 81.9 cm³/mol. The third-order valence-electron chi connectivity index (χ3n) is 2.55. The first kappa shape index (κ1) is 14.2. The summed E-state index contributed by atoms with van der Waals surface area (Å²) in [7, 11) is 0. The van der Waals surface area contributed by atoms with Gasteiger partial charge in [0, 0.05) is 16.7 Å². The summed E-state index contributed by atoms with van der Waals surface area (Å²) in [6.07, 6.45) is 1.54. The van der Waals surface area contributed by atoms with Gasteiger partial charge in [0.15, 0.2) is 0 Å². The summed E-state index contributed by atoms with van der Waals surface area (Å²) < 4.78 is 5.29. The largest absolute Gasteiger partial charge is 0.507 e. The van der Waals surface area contributed by atoms with Crippen LogP contribution in [0.1, 0.15) is 12.5 Å². The second kappa shape index (κ2) is 6.82. The maximum atomic E-state index is 9.84. The molecule has 0 radical (unpaired) electrons. The first-order valence-electron chi connectivity index (χ1n) is 6.19. The van der Waals surface area contributed by atoms with E-state index in [1.54, 1.807) is 36.5 Å². The minimum atomic E-state index is 0.123. The number of benzene rings is 2. The van der Waals surface area contributed by atoms with E-state index < -0.39 is 0 Å². The molecule has 2 rings (SSSR count). The van der Waals surface area contributed by atoms with Gasteiger partial charge in [0.05, 0.1) is 18.5 Å². The van der Waals surface area contributed by atoms with E-state index in [2.05, 4.69) is 10.5 Å². The quantitative estimate of drug-likeness (QED) is 0.649. The Labute approximate surface area is 122 Å². The average molecular weight is 291 g/mol. The molecule has 0 atom stereocenters. The summed E-state index contributed by atoms with van der Waals surface area (Å²) in [6, 6.07) is 12.3. The lowest BCUT2D eigenvalue weighted by molar-refractivity contribution is 0.337. The maximum Gasteiger partial charge on any atom is 0.128 e. The van der Waals surface area contributed by atoms with Crippen LogP contribution in [0.2, 0.25) is 5.02 Å². The number of hydrazone groups is 1. The fraction of sp³-hybridized carbons (Fsp3) is 0.133.